The van der Waals surface area contributed by atoms with Gasteiger partial charge in [0.05, 0.1) is 12.2 Å². The minimum absolute atomic E-state index is 0.118. The van der Waals surface area contributed by atoms with E-state index in [4.69, 9.17) is 9.47 Å². The van der Waals surface area contributed by atoms with Crippen molar-refractivity contribution in [3.05, 3.63) is 53.3 Å². The van der Waals surface area contributed by atoms with Crippen molar-refractivity contribution in [3.8, 4) is 11.5 Å². The normalized spacial score (nSPS) is 16.8. The number of ether oxygens (including phenoxy) is 2. The predicted octanol–water partition coefficient (Wildman–Crippen LogP) is 1.92. The zero-order chi connectivity index (χ0) is 25.5. The topological polar surface area (TPSA) is 121 Å². The molecule has 2 heterocycles. The van der Waals surface area contributed by atoms with E-state index in [9.17, 15) is 18.0 Å². The lowest BCUT2D eigenvalue weighted by Crippen LogP contribution is -2.69. The smallest absolute Gasteiger partial charge is 0.410 e. The molecule has 0 aliphatic carbocycles. The second-order valence-corrected chi connectivity index (χ2v) is 10.3. The molecule has 35 heavy (non-hydrogen) atoms. The number of carbonyl (C=O) groups excluding carboxylic acids is 2. The Morgan fingerprint density at radius 1 is 1.26 bits per heavy atom. The van der Waals surface area contributed by atoms with E-state index < -0.39 is 33.8 Å². The van der Waals surface area contributed by atoms with Crippen LogP contribution in [-0.4, -0.2) is 76.6 Å². The van der Waals surface area contributed by atoms with Gasteiger partial charge in [-0.3, -0.25) is 9.62 Å². The summed E-state index contributed by atoms with van der Waals surface area (Å²) < 4.78 is 53.9. The van der Waals surface area contributed by atoms with E-state index in [1.807, 2.05) is 11.9 Å². The molecule has 2 aliphatic heterocycles. The highest BCUT2D eigenvalue weighted by molar-refractivity contribution is 7.90. The number of likely N-dealkylation sites (tertiary alicyclic amines) is 1. The molecular weight excluding hydrogens is 481 g/mol. The molecule has 0 saturated carbocycles. The molecule has 2 amide bonds. The van der Waals surface area contributed by atoms with Gasteiger partial charge >= 0.3 is 12.2 Å². The number of fused-ring (bicyclic) bond motifs is 2. The summed E-state index contributed by atoms with van der Waals surface area (Å²) in [5, 5.41) is 0. The summed E-state index contributed by atoms with van der Waals surface area (Å²) in [4.78, 5) is 29.7. The third kappa shape index (κ3) is 4.61. The van der Waals surface area contributed by atoms with Crippen molar-refractivity contribution in [2.45, 2.75) is 12.1 Å². The zero-order valence-electron chi connectivity index (χ0n) is 19.7. The standard InChI is InChI=1S/C22H26FN5O6S/c1-24-35(31,32)25-17-7-5-6-14(19(17)23)11-28-21(30)34-18-10-15(33-20(29)26(2)3)8-9-16(18)22(28)12-27(4)13-22/h5-10,24-25H,11-13H2,1-4H3. The van der Waals surface area contributed by atoms with Crippen molar-refractivity contribution in [2.75, 3.05) is 46.0 Å². The van der Waals surface area contributed by atoms with Gasteiger partial charge in [0.1, 0.15) is 17.0 Å². The quantitative estimate of drug-likeness (QED) is 0.613. The first kappa shape index (κ1) is 24.7. The number of rotatable bonds is 6. The molecule has 13 heteroatoms. The Balaban J connectivity index is 1.67. The Labute approximate surface area is 202 Å². The maximum Gasteiger partial charge on any atom is 0.416 e. The van der Waals surface area contributed by atoms with Crippen LogP contribution in [0.1, 0.15) is 11.1 Å². The molecule has 4 rings (SSSR count). The molecule has 11 nitrogen and oxygen atoms in total. The van der Waals surface area contributed by atoms with E-state index in [-0.39, 0.29) is 29.3 Å². The summed E-state index contributed by atoms with van der Waals surface area (Å²) in [6.07, 6.45) is -1.27. The summed E-state index contributed by atoms with van der Waals surface area (Å²) >= 11 is 0. The van der Waals surface area contributed by atoms with Crippen LogP contribution in [0.5, 0.6) is 11.5 Å². The SMILES string of the molecule is CNS(=O)(=O)Nc1cccc(CN2C(=O)Oc3cc(OC(=O)N(C)C)ccc3C23CN(C)C3)c1F. The van der Waals surface area contributed by atoms with Gasteiger partial charge in [-0.15, -0.1) is 0 Å². The van der Waals surface area contributed by atoms with Crippen LogP contribution in [0.15, 0.2) is 36.4 Å². The van der Waals surface area contributed by atoms with Gasteiger partial charge in [-0.05, 0) is 25.2 Å². The summed E-state index contributed by atoms with van der Waals surface area (Å²) in [7, 11) is 2.27. The summed E-state index contributed by atoms with van der Waals surface area (Å²) in [5.74, 6) is -0.305. The van der Waals surface area contributed by atoms with Crippen LogP contribution in [0, 0.1) is 5.82 Å². The Morgan fingerprint density at radius 2 is 1.97 bits per heavy atom. The molecular formula is C22H26FN5O6S. The number of halogens is 1. The summed E-state index contributed by atoms with van der Waals surface area (Å²) in [6, 6.07) is 9.11. The van der Waals surface area contributed by atoms with Crippen molar-refractivity contribution >= 4 is 28.1 Å². The molecule has 1 spiro atoms. The van der Waals surface area contributed by atoms with Crippen molar-refractivity contribution in [2.24, 2.45) is 0 Å². The largest absolute Gasteiger partial charge is 0.416 e. The first-order chi connectivity index (χ1) is 16.5. The Morgan fingerprint density at radius 3 is 2.60 bits per heavy atom. The number of amides is 2. The van der Waals surface area contributed by atoms with Crippen LogP contribution < -0.4 is 18.9 Å². The second kappa shape index (κ2) is 8.98. The monoisotopic (exact) mass is 507 g/mol. The molecule has 0 radical (unpaired) electrons. The number of benzene rings is 2. The molecule has 188 valence electrons. The number of nitrogens with one attached hydrogen (secondary N) is 2. The molecule has 2 aromatic rings. The third-order valence-corrected chi connectivity index (χ3v) is 6.97. The lowest BCUT2D eigenvalue weighted by atomic mass is 9.79. The summed E-state index contributed by atoms with van der Waals surface area (Å²) in [5.41, 5.74) is -0.217. The van der Waals surface area contributed by atoms with Gasteiger partial charge < -0.3 is 19.3 Å². The van der Waals surface area contributed by atoms with Crippen LogP contribution in [0.25, 0.3) is 0 Å². The molecule has 0 unspecified atom stereocenters. The van der Waals surface area contributed by atoms with Gasteiger partial charge in [0, 0.05) is 51.4 Å². The Kier molecular flexibility index (Phi) is 6.34. The van der Waals surface area contributed by atoms with Crippen molar-refractivity contribution in [3.63, 3.8) is 0 Å². The molecule has 2 N–H and O–H groups in total. The van der Waals surface area contributed by atoms with Gasteiger partial charge in [-0.2, -0.15) is 8.42 Å². The van der Waals surface area contributed by atoms with Crippen LogP contribution in [0.3, 0.4) is 0 Å². The number of hydrogen-bond donors (Lipinski definition) is 2. The van der Waals surface area contributed by atoms with E-state index in [2.05, 4.69) is 9.44 Å². The average Bonchev–Trinajstić information content (AvgIpc) is 2.77. The third-order valence-electron chi connectivity index (χ3n) is 5.94. The number of carbonyl (C=O) groups is 2. The van der Waals surface area contributed by atoms with Gasteiger partial charge in [0.25, 0.3) is 10.2 Å². The van der Waals surface area contributed by atoms with Crippen LogP contribution >= 0.6 is 0 Å². The minimum Gasteiger partial charge on any atom is -0.410 e. The average molecular weight is 508 g/mol. The van der Waals surface area contributed by atoms with E-state index in [0.29, 0.717) is 18.7 Å². The van der Waals surface area contributed by atoms with Crippen molar-refractivity contribution in [1.29, 1.82) is 0 Å². The highest BCUT2D eigenvalue weighted by Gasteiger charge is 2.54. The number of hydrogen-bond acceptors (Lipinski definition) is 7. The van der Waals surface area contributed by atoms with E-state index in [0.717, 1.165) is 0 Å². The first-order valence-electron chi connectivity index (χ1n) is 10.7. The molecule has 1 saturated heterocycles. The molecule has 0 aromatic heterocycles. The van der Waals surface area contributed by atoms with E-state index in [1.54, 1.807) is 26.2 Å². The van der Waals surface area contributed by atoms with Gasteiger partial charge in [0.2, 0.25) is 0 Å². The zero-order valence-corrected chi connectivity index (χ0v) is 20.5. The molecule has 2 aromatic carbocycles. The van der Waals surface area contributed by atoms with Crippen LogP contribution in [0.2, 0.25) is 0 Å². The fraction of sp³-hybridized carbons (Fsp3) is 0.364. The second-order valence-electron chi connectivity index (χ2n) is 8.67. The van der Waals surface area contributed by atoms with Crippen molar-refractivity contribution < 1.29 is 31.9 Å². The highest BCUT2D eigenvalue weighted by atomic mass is 32.2. The molecule has 0 bridgehead atoms. The number of nitrogens with zero attached hydrogens (tertiary/aromatic N) is 3. The Hall–Kier alpha value is -3.42. The number of likely N-dealkylation sites (N-methyl/N-ethyl adjacent to an activating group) is 1. The van der Waals surface area contributed by atoms with Gasteiger partial charge in [0.15, 0.2) is 5.82 Å². The van der Waals surface area contributed by atoms with Crippen molar-refractivity contribution in [1.82, 2.24) is 19.4 Å². The van der Waals surface area contributed by atoms with Crippen LogP contribution in [-0.2, 0) is 22.3 Å². The summed E-state index contributed by atoms with van der Waals surface area (Å²) in [6.45, 7) is 0.795. The van der Waals surface area contributed by atoms with Crippen LogP contribution in [0.4, 0.5) is 19.7 Å². The first-order valence-corrected chi connectivity index (χ1v) is 12.1. The lowest BCUT2D eigenvalue weighted by Gasteiger charge is -2.56. The van der Waals surface area contributed by atoms with Gasteiger partial charge in [-0.1, -0.05) is 12.1 Å². The number of anilines is 1. The lowest BCUT2D eigenvalue weighted by molar-refractivity contribution is -0.0485. The van der Waals surface area contributed by atoms with Gasteiger partial charge in [-0.25, -0.2) is 18.7 Å². The van der Waals surface area contributed by atoms with E-state index in [1.165, 1.54) is 41.1 Å². The molecule has 0 atom stereocenters. The molecule has 2 aliphatic rings. The fourth-order valence-corrected chi connectivity index (χ4v) is 4.80. The highest BCUT2D eigenvalue weighted by Crippen LogP contribution is 2.47. The maximum atomic E-state index is 15.2. The molecule has 1 fully saturated rings. The van der Waals surface area contributed by atoms with E-state index >= 15 is 4.39 Å². The predicted molar refractivity (Wildman–Crippen MR) is 125 cm³/mol. The fourth-order valence-electron chi connectivity index (χ4n) is 4.25. The Bertz CT molecular complexity index is 1280. The maximum absolute atomic E-state index is 15.2. The minimum atomic E-state index is -3.93.